The van der Waals surface area contributed by atoms with Crippen LogP contribution < -0.4 is 5.32 Å². The second kappa shape index (κ2) is 7.69. The monoisotopic (exact) mass is 241 g/mol. The fraction of sp³-hybridized carbons (Fsp3) is 0.538. The third kappa shape index (κ3) is 4.54. The van der Waals surface area contributed by atoms with Crippen LogP contribution in [-0.4, -0.2) is 24.6 Å². The number of halogens is 1. The molecule has 0 spiro atoms. The van der Waals surface area contributed by atoms with Crippen LogP contribution in [0.1, 0.15) is 18.9 Å². The Balaban J connectivity index is 2.56. The van der Waals surface area contributed by atoms with Crippen molar-refractivity contribution < 1.29 is 4.39 Å². The van der Waals surface area contributed by atoms with Gasteiger partial charge in [-0.25, -0.2) is 4.39 Å². The Morgan fingerprint density at radius 2 is 2.12 bits per heavy atom. The van der Waals surface area contributed by atoms with E-state index in [2.05, 4.69) is 18.5 Å². The predicted octanol–water partition coefficient (Wildman–Crippen LogP) is 3.10. The van der Waals surface area contributed by atoms with Crippen molar-refractivity contribution in [3.05, 3.63) is 35.6 Å². The average molecular weight is 241 g/mol. The van der Waals surface area contributed by atoms with Crippen LogP contribution in [0.2, 0.25) is 0 Å². The first-order valence-corrected chi connectivity index (χ1v) is 7.13. The second-order valence-electron chi connectivity index (χ2n) is 3.90. The molecule has 0 aromatic heterocycles. The minimum absolute atomic E-state index is 0.0908. The van der Waals surface area contributed by atoms with Crippen molar-refractivity contribution in [2.45, 2.75) is 25.8 Å². The zero-order valence-electron chi connectivity index (χ0n) is 10.0. The number of hydrogen-bond donors (Lipinski definition) is 1. The van der Waals surface area contributed by atoms with Crippen LogP contribution >= 0.6 is 11.8 Å². The summed E-state index contributed by atoms with van der Waals surface area (Å²) >= 11 is 1.80. The van der Waals surface area contributed by atoms with Crippen LogP contribution in [0.5, 0.6) is 0 Å². The van der Waals surface area contributed by atoms with Crippen LogP contribution in [0.25, 0.3) is 0 Å². The SMILES string of the molecule is CCCNC(CSC)Cc1ccccc1F. The minimum Gasteiger partial charge on any atom is -0.313 e. The molecule has 0 aliphatic heterocycles. The first-order valence-electron chi connectivity index (χ1n) is 5.73. The van der Waals surface area contributed by atoms with Gasteiger partial charge < -0.3 is 5.32 Å². The fourth-order valence-electron chi connectivity index (χ4n) is 1.67. The van der Waals surface area contributed by atoms with E-state index >= 15 is 0 Å². The van der Waals surface area contributed by atoms with Crippen LogP contribution in [-0.2, 0) is 6.42 Å². The van der Waals surface area contributed by atoms with E-state index in [0.29, 0.717) is 6.04 Å². The minimum atomic E-state index is -0.0908. The number of nitrogens with one attached hydrogen (secondary N) is 1. The topological polar surface area (TPSA) is 12.0 Å². The smallest absolute Gasteiger partial charge is 0.126 e. The van der Waals surface area contributed by atoms with E-state index in [9.17, 15) is 4.39 Å². The summed E-state index contributed by atoms with van der Waals surface area (Å²) in [6.07, 6.45) is 3.97. The molecule has 1 atom stereocenters. The normalized spacial score (nSPS) is 12.7. The zero-order valence-corrected chi connectivity index (χ0v) is 10.8. The maximum atomic E-state index is 13.5. The van der Waals surface area contributed by atoms with Gasteiger partial charge in [0.2, 0.25) is 0 Å². The van der Waals surface area contributed by atoms with E-state index in [0.717, 1.165) is 30.7 Å². The van der Waals surface area contributed by atoms with Crippen molar-refractivity contribution in [3.8, 4) is 0 Å². The van der Waals surface area contributed by atoms with Gasteiger partial charge in [-0.3, -0.25) is 0 Å². The molecule has 16 heavy (non-hydrogen) atoms. The second-order valence-corrected chi connectivity index (χ2v) is 4.81. The Kier molecular flexibility index (Phi) is 6.50. The molecule has 0 heterocycles. The van der Waals surface area contributed by atoms with Gasteiger partial charge in [-0.05, 0) is 37.3 Å². The maximum Gasteiger partial charge on any atom is 0.126 e. The number of rotatable bonds is 7. The van der Waals surface area contributed by atoms with Gasteiger partial charge in [0.1, 0.15) is 5.82 Å². The summed E-state index contributed by atoms with van der Waals surface area (Å²) in [6.45, 7) is 3.14. The van der Waals surface area contributed by atoms with E-state index in [4.69, 9.17) is 0 Å². The quantitative estimate of drug-likeness (QED) is 0.787. The molecule has 0 aliphatic carbocycles. The number of thioether (sulfide) groups is 1. The first-order chi connectivity index (χ1) is 7.77. The van der Waals surface area contributed by atoms with Gasteiger partial charge in [-0.15, -0.1) is 0 Å². The number of hydrogen-bond acceptors (Lipinski definition) is 2. The van der Waals surface area contributed by atoms with E-state index < -0.39 is 0 Å². The van der Waals surface area contributed by atoms with Crippen molar-refractivity contribution >= 4 is 11.8 Å². The van der Waals surface area contributed by atoms with Gasteiger partial charge in [-0.2, -0.15) is 11.8 Å². The Bertz CT molecular complexity index is 304. The molecule has 0 saturated carbocycles. The Morgan fingerprint density at radius 1 is 1.38 bits per heavy atom. The van der Waals surface area contributed by atoms with Crippen LogP contribution in [0.15, 0.2) is 24.3 Å². The standard InChI is InChI=1S/C13H20FNS/c1-3-8-15-12(10-16-2)9-11-6-4-5-7-13(11)14/h4-7,12,15H,3,8-10H2,1-2H3. The van der Waals surface area contributed by atoms with E-state index in [-0.39, 0.29) is 5.82 Å². The molecule has 1 aromatic carbocycles. The highest BCUT2D eigenvalue weighted by Gasteiger charge is 2.10. The molecule has 1 unspecified atom stereocenters. The highest BCUT2D eigenvalue weighted by atomic mass is 32.2. The van der Waals surface area contributed by atoms with E-state index in [1.54, 1.807) is 17.8 Å². The van der Waals surface area contributed by atoms with Crippen LogP contribution in [0, 0.1) is 5.82 Å². The summed E-state index contributed by atoms with van der Waals surface area (Å²) in [6, 6.07) is 7.41. The largest absolute Gasteiger partial charge is 0.313 e. The van der Waals surface area contributed by atoms with Crippen molar-refractivity contribution in [2.24, 2.45) is 0 Å². The lowest BCUT2D eigenvalue weighted by molar-refractivity contribution is 0.531. The molecule has 0 aliphatic rings. The molecule has 0 radical (unpaired) electrons. The van der Waals surface area contributed by atoms with Crippen LogP contribution in [0.3, 0.4) is 0 Å². The molecule has 1 rings (SSSR count). The summed E-state index contributed by atoms with van der Waals surface area (Å²) in [5.74, 6) is 0.931. The first kappa shape index (κ1) is 13.5. The Labute approximate surface area is 102 Å². The van der Waals surface area contributed by atoms with Gasteiger partial charge in [0.25, 0.3) is 0 Å². The van der Waals surface area contributed by atoms with Gasteiger partial charge >= 0.3 is 0 Å². The fourth-order valence-corrected chi connectivity index (χ4v) is 2.31. The molecule has 0 saturated heterocycles. The van der Waals surface area contributed by atoms with Crippen molar-refractivity contribution in [3.63, 3.8) is 0 Å². The Morgan fingerprint density at radius 3 is 2.75 bits per heavy atom. The van der Waals surface area contributed by atoms with Gasteiger partial charge in [0, 0.05) is 11.8 Å². The molecule has 0 fully saturated rings. The predicted molar refractivity (Wildman–Crippen MR) is 70.6 cm³/mol. The molecule has 0 amide bonds. The molecular weight excluding hydrogens is 221 g/mol. The van der Waals surface area contributed by atoms with Crippen LogP contribution in [0.4, 0.5) is 4.39 Å². The molecule has 1 nitrogen and oxygen atoms in total. The Hall–Kier alpha value is -0.540. The third-order valence-corrected chi connectivity index (χ3v) is 3.21. The lowest BCUT2D eigenvalue weighted by Crippen LogP contribution is -2.34. The average Bonchev–Trinajstić information content (AvgIpc) is 2.29. The summed E-state index contributed by atoms with van der Waals surface area (Å²) in [5.41, 5.74) is 0.810. The molecule has 1 N–H and O–H groups in total. The molecular formula is C13H20FNS. The summed E-state index contributed by atoms with van der Waals surface area (Å²) in [4.78, 5) is 0. The zero-order chi connectivity index (χ0) is 11.8. The van der Waals surface area contributed by atoms with Gasteiger partial charge in [0.05, 0.1) is 0 Å². The molecule has 1 aromatic rings. The highest BCUT2D eigenvalue weighted by Crippen LogP contribution is 2.11. The van der Waals surface area contributed by atoms with Crippen molar-refractivity contribution in [1.82, 2.24) is 5.32 Å². The van der Waals surface area contributed by atoms with E-state index in [1.165, 1.54) is 6.07 Å². The summed E-state index contributed by atoms with van der Waals surface area (Å²) in [7, 11) is 0. The van der Waals surface area contributed by atoms with Gasteiger partial charge in [0.15, 0.2) is 0 Å². The lowest BCUT2D eigenvalue weighted by atomic mass is 10.1. The number of benzene rings is 1. The molecule has 0 bridgehead atoms. The van der Waals surface area contributed by atoms with Crippen molar-refractivity contribution in [2.75, 3.05) is 18.6 Å². The summed E-state index contributed by atoms with van der Waals surface area (Å²) in [5, 5.41) is 3.46. The third-order valence-electron chi connectivity index (χ3n) is 2.48. The molecule has 90 valence electrons. The van der Waals surface area contributed by atoms with Gasteiger partial charge in [-0.1, -0.05) is 25.1 Å². The summed E-state index contributed by atoms with van der Waals surface area (Å²) < 4.78 is 13.5. The lowest BCUT2D eigenvalue weighted by Gasteiger charge is -2.17. The maximum absolute atomic E-state index is 13.5. The van der Waals surface area contributed by atoms with E-state index in [1.807, 2.05) is 12.1 Å². The molecule has 3 heteroatoms. The van der Waals surface area contributed by atoms with Crippen molar-refractivity contribution in [1.29, 1.82) is 0 Å². The highest BCUT2D eigenvalue weighted by molar-refractivity contribution is 7.98.